The summed E-state index contributed by atoms with van der Waals surface area (Å²) >= 11 is 0. The van der Waals surface area contributed by atoms with E-state index in [1.165, 1.54) is 17.6 Å². The van der Waals surface area contributed by atoms with Gasteiger partial charge >= 0.3 is 0 Å². The summed E-state index contributed by atoms with van der Waals surface area (Å²) < 4.78 is 32.2. The third kappa shape index (κ3) is 4.45. The summed E-state index contributed by atoms with van der Waals surface area (Å²) in [6, 6.07) is 9.96. The molecule has 0 aliphatic rings. The first-order valence-corrected chi connectivity index (χ1v) is 10.4. The van der Waals surface area contributed by atoms with Gasteiger partial charge in [-0.15, -0.1) is 0 Å². The minimum Gasteiger partial charge on any atom is -0.504 e. The molecular formula is C20H27N3O4S. The Morgan fingerprint density at radius 1 is 1.14 bits per heavy atom. The first-order chi connectivity index (χ1) is 13.3. The van der Waals surface area contributed by atoms with Crippen molar-refractivity contribution in [1.82, 2.24) is 4.31 Å². The van der Waals surface area contributed by atoms with Crippen LogP contribution in [0.2, 0.25) is 0 Å². The van der Waals surface area contributed by atoms with Crippen molar-refractivity contribution in [3.05, 3.63) is 42.0 Å². The molecule has 0 saturated carbocycles. The van der Waals surface area contributed by atoms with Crippen LogP contribution in [0.15, 0.2) is 46.3 Å². The number of hydrogen-bond acceptors (Lipinski definition) is 6. The number of phenolic OH excluding ortho intramolecular Hbond substituents is 1. The van der Waals surface area contributed by atoms with Gasteiger partial charge in [0.05, 0.1) is 23.4 Å². The Hall–Kier alpha value is -2.58. The van der Waals surface area contributed by atoms with E-state index < -0.39 is 10.0 Å². The second-order valence-corrected chi connectivity index (χ2v) is 8.23. The largest absolute Gasteiger partial charge is 0.504 e. The molecule has 0 spiro atoms. The maximum Gasteiger partial charge on any atom is 0.243 e. The number of anilines is 1. The molecule has 0 heterocycles. The van der Waals surface area contributed by atoms with Crippen LogP contribution in [-0.2, 0) is 10.0 Å². The van der Waals surface area contributed by atoms with Crippen molar-refractivity contribution in [2.45, 2.75) is 18.7 Å². The van der Waals surface area contributed by atoms with E-state index in [0.717, 1.165) is 5.69 Å². The SMILES string of the molecule is CCN(CC)S(=O)(=O)c1ccc(N(C)C)c(N=Cc2cccc(OC)c2O)c1. The highest BCUT2D eigenvalue weighted by molar-refractivity contribution is 7.89. The zero-order valence-electron chi connectivity index (χ0n) is 16.9. The van der Waals surface area contributed by atoms with Gasteiger partial charge in [-0.2, -0.15) is 4.31 Å². The molecule has 0 aliphatic heterocycles. The lowest BCUT2D eigenvalue weighted by Gasteiger charge is -2.20. The average molecular weight is 406 g/mol. The molecule has 2 aromatic rings. The van der Waals surface area contributed by atoms with Gasteiger partial charge in [-0.1, -0.05) is 19.9 Å². The zero-order chi connectivity index (χ0) is 20.9. The van der Waals surface area contributed by atoms with Gasteiger partial charge in [0.2, 0.25) is 10.0 Å². The van der Waals surface area contributed by atoms with Crippen molar-refractivity contribution in [2.24, 2.45) is 4.99 Å². The highest BCUT2D eigenvalue weighted by Crippen LogP contribution is 2.33. The van der Waals surface area contributed by atoms with E-state index in [2.05, 4.69) is 4.99 Å². The Bertz CT molecular complexity index is 952. The van der Waals surface area contributed by atoms with Gasteiger partial charge in [0, 0.05) is 39.0 Å². The topological polar surface area (TPSA) is 82.4 Å². The summed E-state index contributed by atoms with van der Waals surface area (Å²) in [6.45, 7) is 4.40. The smallest absolute Gasteiger partial charge is 0.243 e. The number of nitrogens with zero attached hydrogens (tertiary/aromatic N) is 3. The lowest BCUT2D eigenvalue weighted by atomic mass is 10.2. The number of ether oxygens (including phenoxy) is 1. The average Bonchev–Trinajstić information content (AvgIpc) is 2.67. The van der Waals surface area contributed by atoms with Crippen molar-refractivity contribution in [1.29, 1.82) is 0 Å². The number of rotatable bonds is 8. The number of sulfonamides is 1. The number of methoxy groups -OCH3 is 1. The van der Waals surface area contributed by atoms with Crippen LogP contribution in [0.3, 0.4) is 0 Å². The summed E-state index contributed by atoms with van der Waals surface area (Å²) in [5.41, 5.74) is 1.72. The van der Waals surface area contributed by atoms with Gasteiger partial charge in [-0.05, 0) is 30.3 Å². The number of aromatic hydroxyl groups is 1. The summed E-state index contributed by atoms with van der Waals surface area (Å²) in [7, 11) is 1.59. The predicted octanol–water partition coefficient (Wildman–Crippen LogP) is 3.25. The summed E-state index contributed by atoms with van der Waals surface area (Å²) in [5, 5.41) is 10.2. The van der Waals surface area contributed by atoms with Crippen molar-refractivity contribution in [3.63, 3.8) is 0 Å². The molecule has 0 radical (unpaired) electrons. The predicted molar refractivity (Wildman–Crippen MR) is 113 cm³/mol. The van der Waals surface area contributed by atoms with Gasteiger partial charge in [-0.25, -0.2) is 8.42 Å². The van der Waals surface area contributed by atoms with Crippen LogP contribution in [0, 0.1) is 0 Å². The van der Waals surface area contributed by atoms with Crippen LogP contribution < -0.4 is 9.64 Å². The van der Waals surface area contributed by atoms with Crippen LogP contribution in [0.1, 0.15) is 19.4 Å². The highest BCUT2D eigenvalue weighted by Gasteiger charge is 2.22. The van der Waals surface area contributed by atoms with Gasteiger partial charge < -0.3 is 14.7 Å². The Labute approximate surface area is 166 Å². The molecule has 0 fully saturated rings. The third-order valence-corrected chi connectivity index (χ3v) is 6.41. The van der Waals surface area contributed by atoms with Gasteiger partial charge in [0.1, 0.15) is 0 Å². The first-order valence-electron chi connectivity index (χ1n) is 8.97. The maximum absolute atomic E-state index is 12.8. The summed E-state index contributed by atoms with van der Waals surface area (Å²) in [5.74, 6) is 0.321. The molecule has 0 atom stereocenters. The molecule has 0 aromatic heterocycles. The molecule has 0 saturated heterocycles. The Kier molecular flexibility index (Phi) is 7.04. The quantitative estimate of drug-likeness (QED) is 0.682. The summed E-state index contributed by atoms with van der Waals surface area (Å²) in [4.78, 5) is 6.49. The van der Waals surface area contributed by atoms with Crippen LogP contribution in [-0.4, -0.2) is 58.3 Å². The van der Waals surface area contributed by atoms with Crippen LogP contribution >= 0.6 is 0 Å². The molecule has 8 heteroatoms. The standard InChI is InChI=1S/C20H27N3O4S/c1-6-23(7-2)28(25,26)16-11-12-18(22(3)4)17(13-16)21-14-15-9-8-10-19(27-5)20(15)24/h8-14,24H,6-7H2,1-5H3. The van der Waals surface area contributed by atoms with Gasteiger partial charge in [0.25, 0.3) is 0 Å². The molecule has 0 aliphatic carbocycles. The van der Waals surface area contributed by atoms with E-state index >= 15 is 0 Å². The molecule has 0 amide bonds. The maximum atomic E-state index is 12.8. The minimum atomic E-state index is -3.60. The lowest BCUT2D eigenvalue weighted by Crippen LogP contribution is -2.30. The van der Waals surface area contributed by atoms with E-state index in [1.54, 1.807) is 50.2 Å². The number of hydrogen-bond donors (Lipinski definition) is 1. The van der Waals surface area contributed by atoms with Crippen LogP contribution in [0.4, 0.5) is 11.4 Å². The molecule has 2 rings (SSSR count). The van der Waals surface area contributed by atoms with Crippen molar-refractivity contribution < 1.29 is 18.3 Å². The summed E-state index contributed by atoms with van der Waals surface area (Å²) in [6.07, 6.45) is 1.49. The van der Waals surface area contributed by atoms with Crippen LogP contribution in [0.25, 0.3) is 0 Å². The van der Waals surface area contributed by atoms with E-state index in [1.807, 2.05) is 19.0 Å². The van der Waals surface area contributed by atoms with Gasteiger partial charge in [0.15, 0.2) is 11.5 Å². The molecule has 7 nitrogen and oxygen atoms in total. The highest BCUT2D eigenvalue weighted by atomic mass is 32.2. The normalized spacial score (nSPS) is 11.9. The second-order valence-electron chi connectivity index (χ2n) is 6.29. The fourth-order valence-electron chi connectivity index (χ4n) is 2.81. The molecule has 0 unspecified atom stereocenters. The zero-order valence-corrected chi connectivity index (χ0v) is 17.7. The fraction of sp³-hybridized carbons (Fsp3) is 0.350. The second kappa shape index (κ2) is 9.07. The lowest BCUT2D eigenvalue weighted by molar-refractivity contribution is 0.373. The Morgan fingerprint density at radius 2 is 1.82 bits per heavy atom. The molecular weight excluding hydrogens is 378 g/mol. The Balaban J connectivity index is 2.54. The number of phenols is 1. The minimum absolute atomic E-state index is 0.0212. The number of aliphatic imine (C=N–C) groups is 1. The third-order valence-electron chi connectivity index (χ3n) is 4.36. The monoisotopic (exact) mass is 405 g/mol. The molecule has 0 bridgehead atoms. The number of benzene rings is 2. The van der Waals surface area contributed by atoms with Crippen molar-refractivity contribution >= 4 is 27.6 Å². The fourth-order valence-corrected chi connectivity index (χ4v) is 4.28. The first kappa shape index (κ1) is 21.7. The van der Waals surface area contributed by atoms with E-state index in [-0.39, 0.29) is 10.6 Å². The van der Waals surface area contributed by atoms with E-state index in [4.69, 9.17) is 4.74 Å². The van der Waals surface area contributed by atoms with Crippen molar-refractivity contribution in [2.75, 3.05) is 39.2 Å². The van der Waals surface area contributed by atoms with Gasteiger partial charge in [-0.3, -0.25) is 4.99 Å². The molecule has 1 N–H and O–H groups in total. The molecule has 28 heavy (non-hydrogen) atoms. The van der Waals surface area contributed by atoms with Crippen LogP contribution in [0.5, 0.6) is 11.5 Å². The number of para-hydroxylation sites is 1. The Morgan fingerprint density at radius 3 is 2.39 bits per heavy atom. The molecule has 2 aromatic carbocycles. The van der Waals surface area contributed by atoms with E-state index in [9.17, 15) is 13.5 Å². The molecule has 152 valence electrons. The van der Waals surface area contributed by atoms with E-state index in [0.29, 0.717) is 30.1 Å². The van der Waals surface area contributed by atoms with Crippen molar-refractivity contribution in [3.8, 4) is 11.5 Å².